The fourth-order valence-corrected chi connectivity index (χ4v) is 2.99. The van der Waals surface area contributed by atoms with Crippen molar-refractivity contribution in [1.82, 2.24) is 14.9 Å². The quantitative estimate of drug-likeness (QED) is 0.787. The van der Waals surface area contributed by atoms with Crippen molar-refractivity contribution in [1.29, 1.82) is 0 Å². The van der Waals surface area contributed by atoms with Crippen LogP contribution >= 0.6 is 0 Å². The molecule has 0 bridgehead atoms. The summed E-state index contributed by atoms with van der Waals surface area (Å²) in [7, 11) is 0. The molecule has 0 radical (unpaired) electrons. The number of aromatic nitrogens is 2. The van der Waals surface area contributed by atoms with Crippen LogP contribution in [-0.4, -0.2) is 16.1 Å². The summed E-state index contributed by atoms with van der Waals surface area (Å²) >= 11 is 0. The van der Waals surface area contributed by atoms with Gasteiger partial charge in [-0.05, 0) is 39.2 Å². The molecule has 2 atom stereocenters. The van der Waals surface area contributed by atoms with Gasteiger partial charge in [0.1, 0.15) is 5.82 Å². The number of imidazole rings is 1. The Hall–Kier alpha value is -0.830. The Morgan fingerprint density at radius 1 is 1.31 bits per heavy atom. The third-order valence-electron chi connectivity index (χ3n) is 3.99. The Kier molecular flexibility index (Phi) is 2.72. The zero-order chi connectivity index (χ0) is 11.0. The number of fused-ring (bicyclic) bond motifs is 1. The Labute approximate surface area is 97.3 Å². The highest BCUT2D eigenvalue weighted by molar-refractivity contribution is 5.12. The molecule has 0 unspecified atom stereocenters. The van der Waals surface area contributed by atoms with Crippen molar-refractivity contribution in [3.05, 3.63) is 17.7 Å². The van der Waals surface area contributed by atoms with E-state index in [-0.39, 0.29) is 0 Å². The number of hydrogen-bond donors (Lipinski definition) is 1. The summed E-state index contributed by atoms with van der Waals surface area (Å²) in [5.41, 5.74) is 1.28. The maximum atomic E-state index is 4.83. The smallest absolute Gasteiger partial charge is 0.109 e. The van der Waals surface area contributed by atoms with Crippen LogP contribution in [0.5, 0.6) is 0 Å². The highest BCUT2D eigenvalue weighted by Crippen LogP contribution is 2.28. The molecule has 1 aromatic rings. The van der Waals surface area contributed by atoms with Crippen LogP contribution in [-0.2, 0) is 6.42 Å². The van der Waals surface area contributed by atoms with E-state index in [1.54, 1.807) is 0 Å². The highest BCUT2D eigenvalue weighted by Gasteiger charge is 2.22. The average Bonchev–Trinajstić information content (AvgIpc) is 2.76. The van der Waals surface area contributed by atoms with Crippen molar-refractivity contribution in [2.45, 2.75) is 57.5 Å². The zero-order valence-electron chi connectivity index (χ0n) is 10.1. The van der Waals surface area contributed by atoms with Crippen molar-refractivity contribution >= 4 is 0 Å². The normalized spacial score (nSPS) is 30.1. The SMILES string of the molecule is C[C@@H]1CCCc2nc([C@@H]3CCCCN3)cn21. The van der Waals surface area contributed by atoms with E-state index in [1.807, 2.05) is 0 Å². The maximum Gasteiger partial charge on any atom is 0.109 e. The van der Waals surface area contributed by atoms with Crippen LogP contribution in [0.15, 0.2) is 6.20 Å². The largest absolute Gasteiger partial charge is 0.332 e. The molecule has 2 aliphatic heterocycles. The highest BCUT2D eigenvalue weighted by atomic mass is 15.1. The fraction of sp³-hybridized carbons (Fsp3) is 0.769. The molecule has 16 heavy (non-hydrogen) atoms. The molecule has 0 aromatic carbocycles. The molecule has 0 saturated carbocycles. The molecular weight excluding hydrogens is 198 g/mol. The van der Waals surface area contributed by atoms with Crippen molar-refractivity contribution in [3.8, 4) is 0 Å². The molecule has 1 fully saturated rings. The van der Waals surface area contributed by atoms with E-state index < -0.39 is 0 Å². The molecule has 2 aliphatic rings. The minimum Gasteiger partial charge on any atom is -0.332 e. The maximum absolute atomic E-state index is 4.83. The second-order valence-electron chi connectivity index (χ2n) is 5.23. The first-order valence-electron chi connectivity index (χ1n) is 6.65. The Bertz CT molecular complexity index is 363. The van der Waals surface area contributed by atoms with Crippen molar-refractivity contribution < 1.29 is 0 Å². The Balaban J connectivity index is 1.85. The summed E-state index contributed by atoms with van der Waals surface area (Å²) in [4.78, 5) is 4.83. The number of hydrogen-bond acceptors (Lipinski definition) is 2. The van der Waals surface area contributed by atoms with Crippen molar-refractivity contribution in [3.63, 3.8) is 0 Å². The van der Waals surface area contributed by atoms with Gasteiger partial charge in [0.15, 0.2) is 0 Å². The van der Waals surface area contributed by atoms with E-state index in [4.69, 9.17) is 4.98 Å². The van der Waals surface area contributed by atoms with Crippen molar-refractivity contribution in [2.24, 2.45) is 0 Å². The molecule has 0 spiro atoms. The minimum atomic E-state index is 0.513. The lowest BCUT2D eigenvalue weighted by atomic mass is 10.0. The molecule has 0 amide bonds. The predicted molar refractivity (Wildman–Crippen MR) is 64.5 cm³/mol. The summed E-state index contributed by atoms with van der Waals surface area (Å²) in [6, 6.07) is 1.16. The van der Waals surface area contributed by atoms with Crippen LogP contribution in [0, 0.1) is 0 Å². The fourth-order valence-electron chi connectivity index (χ4n) is 2.99. The van der Waals surface area contributed by atoms with Gasteiger partial charge in [-0.25, -0.2) is 4.98 Å². The van der Waals surface area contributed by atoms with Crippen LogP contribution in [0.4, 0.5) is 0 Å². The average molecular weight is 219 g/mol. The van der Waals surface area contributed by atoms with Crippen LogP contribution < -0.4 is 5.32 Å². The summed E-state index contributed by atoms with van der Waals surface area (Å²) in [6.45, 7) is 3.46. The van der Waals surface area contributed by atoms with E-state index in [0.717, 1.165) is 13.0 Å². The van der Waals surface area contributed by atoms with Gasteiger partial charge in [-0.1, -0.05) is 6.42 Å². The molecule has 88 valence electrons. The summed E-state index contributed by atoms with van der Waals surface area (Å²) < 4.78 is 2.40. The van der Waals surface area contributed by atoms with Crippen LogP contribution in [0.2, 0.25) is 0 Å². The summed E-state index contributed by atoms with van der Waals surface area (Å²) in [6.07, 6.45) is 9.98. The topological polar surface area (TPSA) is 29.9 Å². The van der Waals surface area contributed by atoms with E-state index in [9.17, 15) is 0 Å². The molecule has 3 heteroatoms. The zero-order valence-corrected chi connectivity index (χ0v) is 10.1. The monoisotopic (exact) mass is 219 g/mol. The van der Waals surface area contributed by atoms with Crippen molar-refractivity contribution in [2.75, 3.05) is 6.54 Å². The summed E-state index contributed by atoms with van der Waals surface area (Å²) in [5, 5.41) is 3.58. The second-order valence-corrected chi connectivity index (χ2v) is 5.23. The third kappa shape index (κ3) is 1.77. The van der Waals surface area contributed by atoms with Gasteiger partial charge in [-0.2, -0.15) is 0 Å². The molecule has 0 aliphatic carbocycles. The van der Waals surface area contributed by atoms with Gasteiger partial charge < -0.3 is 9.88 Å². The molecule has 3 nitrogen and oxygen atoms in total. The standard InChI is InChI=1S/C13H21N3/c1-10-5-4-7-13-15-12(9-16(10)13)11-6-2-3-8-14-11/h9-11,14H,2-8H2,1H3/t10-,11+/m1/s1. The second kappa shape index (κ2) is 4.21. The predicted octanol–water partition coefficient (Wildman–Crippen LogP) is 2.60. The van der Waals surface area contributed by atoms with Gasteiger partial charge in [0.25, 0.3) is 0 Å². The number of piperidine rings is 1. The molecule has 1 saturated heterocycles. The van der Waals surface area contributed by atoms with E-state index in [0.29, 0.717) is 12.1 Å². The van der Waals surface area contributed by atoms with Crippen LogP contribution in [0.3, 0.4) is 0 Å². The molecule has 1 N–H and O–H groups in total. The first-order chi connectivity index (χ1) is 7.84. The first-order valence-corrected chi connectivity index (χ1v) is 6.65. The molecule has 1 aromatic heterocycles. The molecule has 3 rings (SSSR count). The van der Waals surface area contributed by atoms with Gasteiger partial charge in [0.05, 0.1) is 11.7 Å². The summed E-state index contributed by atoms with van der Waals surface area (Å²) in [5.74, 6) is 1.31. The van der Waals surface area contributed by atoms with Gasteiger partial charge in [-0.3, -0.25) is 0 Å². The minimum absolute atomic E-state index is 0.513. The number of rotatable bonds is 1. The van der Waals surface area contributed by atoms with E-state index in [1.165, 1.54) is 43.6 Å². The van der Waals surface area contributed by atoms with E-state index >= 15 is 0 Å². The van der Waals surface area contributed by atoms with Gasteiger partial charge in [0, 0.05) is 18.7 Å². The van der Waals surface area contributed by atoms with Gasteiger partial charge in [-0.15, -0.1) is 0 Å². The number of nitrogens with zero attached hydrogens (tertiary/aromatic N) is 2. The Morgan fingerprint density at radius 2 is 2.25 bits per heavy atom. The number of aryl methyl sites for hydroxylation is 1. The third-order valence-corrected chi connectivity index (χ3v) is 3.99. The lowest BCUT2D eigenvalue weighted by molar-refractivity contribution is 0.405. The lowest BCUT2D eigenvalue weighted by Crippen LogP contribution is -2.27. The molecule has 3 heterocycles. The van der Waals surface area contributed by atoms with Gasteiger partial charge in [0.2, 0.25) is 0 Å². The number of nitrogens with one attached hydrogen (secondary N) is 1. The van der Waals surface area contributed by atoms with E-state index in [2.05, 4.69) is 23.0 Å². The van der Waals surface area contributed by atoms with Crippen LogP contribution in [0.1, 0.15) is 62.6 Å². The molecular formula is C13H21N3. The first kappa shape index (κ1) is 10.3. The lowest BCUT2D eigenvalue weighted by Gasteiger charge is -2.21. The van der Waals surface area contributed by atoms with Crippen LogP contribution in [0.25, 0.3) is 0 Å². The Morgan fingerprint density at radius 3 is 3.00 bits per heavy atom. The van der Waals surface area contributed by atoms with Gasteiger partial charge >= 0.3 is 0 Å².